The molecule has 0 radical (unpaired) electrons. The number of carbonyl (C=O) groups excluding carboxylic acids is 1. The molecule has 2 fully saturated rings. The Morgan fingerprint density at radius 3 is 2.68 bits per heavy atom. The molecular weight excluding hydrogens is 395 g/mol. The summed E-state index contributed by atoms with van der Waals surface area (Å²) in [5.74, 6) is 0.629. The number of anilines is 1. The number of phenols is 1. The minimum Gasteiger partial charge on any atom is -0.508 e. The normalized spacial score (nSPS) is 18.1. The summed E-state index contributed by atoms with van der Waals surface area (Å²) in [5, 5.41) is 14.3. The summed E-state index contributed by atoms with van der Waals surface area (Å²) in [7, 11) is 0. The molecule has 0 atom stereocenters. The Morgan fingerprint density at radius 1 is 1.19 bits per heavy atom. The molecule has 1 saturated carbocycles. The van der Waals surface area contributed by atoms with E-state index < -0.39 is 0 Å². The van der Waals surface area contributed by atoms with Crippen molar-refractivity contribution in [2.75, 3.05) is 25.1 Å². The molecule has 3 aromatic rings. The molecule has 2 aromatic carbocycles. The molecule has 1 aliphatic heterocycles. The van der Waals surface area contributed by atoms with Crippen molar-refractivity contribution in [2.45, 2.75) is 31.6 Å². The molecule has 160 valence electrons. The van der Waals surface area contributed by atoms with Gasteiger partial charge in [0, 0.05) is 53.3 Å². The summed E-state index contributed by atoms with van der Waals surface area (Å²) in [4.78, 5) is 16.4. The predicted octanol–water partition coefficient (Wildman–Crippen LogP) is 5.03. The summed E-state index contributed by atoms with van der Waals surface area (Å²) < 4.78 is 20.6. The number of carbonyl (C=O) groups is 1. The van der Waals surface area contributed by atoms with E-state index in [1.807, 2.05) is 6.07 Å². The number of aldehydes is 1. The van der Waals surface area contributed by atoms with E-state index in [-0.39, 0.29) is 22.9 Å². The molecule has 6 heteroatoms. The van der Waals surface area contributed by atoms with Gasteiger partial charge in [-0.1, -0.05) is 18.2 Å². The van der Waals surface area contributed by atoms with Gasteiger partial charge in [-0.3, -0.25) is 0 Å². The highest BCUT2D eigenvalue weighted by molar-refractivity contribution is 5.99. The van der Waals surface area contributed by atoms with Crippen molar-refractivity contribution in [2.24, 2.45) is 5.41 Å². The lowest BCUT2D eigenvalue weighted by Gasteiger charge is -2.28. The first kappa shape index (κ1) is 19.9. The number of phenolic OH excluding ortho intramolecular Hbond substituents is 1. The summed E-state index contributed by atoms with van der Waals surface area (Å²) in [6.45, 7) is 1.79. The first-order chi connectivity index (χ1) is 15.1. The third-order valence-electron chi connectivity index (χ3n) is 6.53. The number of aromatic nitrogens is 1. The van der Waals surface area contributed by atoms with E-state index in [0.29, 0.717) is 36.7 Å². The van der Waals surface area contributed by atoms with Crippen molar-refractivity contribution in [1.29, 1.82) is 0 Å². The third-order valence-corrected chi connectivity index (χ3v) is 6.53. The number of halogens is 1. The van der Waals surface area contributed by atoms with Gasteiger partial charge in [-0.15, -0.1) is 0 Å². The van der Waals surface area contributed by atoms with Gasteiger partial charge in [0.05, 0.1) is 5.52 Å². The van der Waals surface area contributed by atoms with E-state index in [1.54, 1.807) is 30.3 Å². The van der Waals surface area contributed by atoms with Crippen LogP contribution in [0.1, 0.15) is 37.2 Å². The predicted molar refractivity (Wildman–Crippen MR) is 118 cm³/mol. The molecule has 5 nitrogen and oxygen atoms in total. The number of rotatable bonds is 6. The van der Waals surface area contributed by atoms with Crippen molar-refractivity contribution in [3.8, 4) is 16.9 Å². The molecule has 2 N–H and O–H groups in total. The zero-order valence-corrected chi connectivity index (χ0v) is 17.2. The minimum absolute atomic E-state index is 0.107. The fourth-order valence-corrected chi connectivity index (χ4v) is 4.50. The standard InChI is InChI=1S/C25H25FN2O3/c26-20-4-2-1-3-18(20)23-19-6-5-17(30)13-21(19)28-24(27-14-25(15-29)9-10-25)22(23)16-7-11-31-12-8-16/h1-6,13,15-16,30H,7-12,14H2,(H,27,28). The molecule has 1 aliphatic carbocycles. The summed E-state index contributed by atoms with van der Waals surface area (Å²) in [6.07, 6.45) is 4.40. The highest BCUT2D eigenvalue weighted by atomic mass is 19.1. The largest absolute Gasteiger partial charge is 0.508 e. The number of nitrogens with zero attached hydrogens (tertiary/aromatic N) is 1. The molecule has 2 heterocycles. The second-order valence-electron chi connectivity index (χ2n) is 8.65. The zero-order chi connectivity index (χ0) is 21.4. The Labute approximate surface area is 180 Å². The van der Waals surface area contributed by atoms with Gasteiger partial charge in [0.1, 0.15) is 23.7 Å². The van der Waals surface area contributed by atoms with Crippen LogP contribution in [0.15, 0.2) is 42.5 Å². The molecule has 0 bridgehead atoms. The summed E-state index contributed by atoms with van der Waals surface area (Å²) >= 11 is 0. The van der Waals surface area contributed by atoms with Gasteiger partial charge in [-0.05, 0) is 49.8 Å². The van der Waals surface area contributed by atoms with Crippen LogP contribution in [0.3, 0.4) is 0 Å². The number of hydrogen-bond donors (Lipinski definition) is 2. The lowest BCUT2D eigenvalue weighted by atomic mass is 9.84. The molecule has 0 spiro atoms. The van der Waals surface area contributed by atoms with E-state index in [1.165, 1.54) is 6.07 Å². The molecule has 31 heavy (non-hydrogen) atoms. The van der Waals surface area contributed by atoms with Crippen LogP contribution >= 0.6 is 0 Å². The van der Waals surface area contributed by atoms with Gasteiger partial charge in [0.2, 0.25) is 0 Å². The quantitative estimate of drug-likeness (QED) is 0.547. The fraction of sp³-hybridized carbons (Fsp3) is 0.360. The molecule has 2 aliphatic rings. The minimum atomic E-state index is -0.333. The Balaban J connectivity index is 1.75. The smallest absolute Gasteiger partial charge is 0.131 e. The third kappa shape index (κ3) is 3.76. The van der Waals surface area contributed by atoms with Crippen LogP contribution in [0, 0.1) is 11.2 Å². The zero-order valence-electron chi connectivity index (χ0n) is 17.2. The maximum Gasteiger partial charge on any atom is 0.131 e. The van der Waals surface area contributed by atoms with Crippen molar-refractivity contribution in [1.82, 2.24) is 4.98 Å². The molecule has 5 rings (SSSR count). The Kier molecular flexibility index (Phi) is 5.10. The van der Waals surface area contributed by atoms with E-state index in [4.69, 9.17) is 9.72 Å². The number of nitrogens with one attached hydrogen (secondary N) is 1. The highest BCUT2D eigenvalue weighted by Gasteiger charge is 2.42. The van der Waals surface area contributed by atoms with Crippen LogP contribution in [-0.4, -0.2) is 36.1 Å². The number of benzene rings is 2. The first-order valence-electron chi connectivity index (χ1n) is 10.8. The maximum atomic E-state index is 15.0. The summed E-state index contributed by atoms with van der Waals surface area (Å²) in [6, 6.07) is 11.8. The van der Waals surface area contributed by atoms with E-state index in [2.05, 4.69) is 5.32 Å². The average molecular weight is 420 g/mol. The van der Waals surface area contributed by atoms with Gasteiger partial charge < -0.3 is 20.0 Å². The van der Waals surface area contributed by atoms with Gasteiger partial charge in [0.25, 0.3) is 0 Å². The molecule has 0 unspecified atom stereocenters. The van der Waals surface area contributed by atoms with Crippen LogP contribution in [0.2, 0.25) is 0 Å². The summed E-state index contributed by atoms with van der Waals surface area (Å²) in [5.41, 5.74) is 2.54. The molecule has 1 saturated heterocycles. The molecule has 1 aromatic heterocycles. The fourth-order valence-electron chi connectivity index (χ4n) is 4.50. The second kappa shape index (κ2) is 7.93. The number of fused-ring (bicyclic) bond motifs is 1. The number of hydrogen-bond acceptors (Lipinski definition) is 5. The maximum absolute atomic E-state index is 15.0. The van der Waals surface area contributed by atoms with E-state index >= 15 is 4.39 Å². The Bertz CT molecular complexity index is 1140. The van der Waals surface area contributed by atoms with E-state index in [0.717, 1.165) is 48.5 Å². The van der Waals surface area contributed by atoms with Crippen LogP contribution in [0.5, 0.6) is 5.75 Å². The number of pyridine rings is 1. The average Bonchev–Trinajstić information content (AvgIpc) is 3.58. The van der Waals surface area contributed by atoms with E-state index in [9.17, 15) is 9.90 Å². The molecular formula is C25H25FN2O3. The first-order valence-corrected chi connectivity index (χ1v) is 10.8. The second-order valence-corrected chi connectivity index (χ2v) is 8.65. The van der Waals surface area contributed by atoms with Crippen LogP contribution in [-0.2, 0) is 9.53 Å². The lowest BCUT2D eigenvalue weighted by Crippen LogP contribution is -2.21. The van der Waals surface area contributed by atoms with Gasteiger partial charge in [-0.2, -0.15) is 0 Å². The van der Waals surface area contributed by atoms with Crippen LogP contribution in [0.25, 0.3) is 22.0 Å². The number of aromatic hydroxyl groups is 1. The topological polar surface area (TPSA) is 71.5 Å². The van der Waals surface area contributed by atoms with Gasteiger partial charge in [-0.25, -0.2) is 9.37 Å². The van der Waals surface area contributed by atoms with Crippen LogP contribution < -0.4 is 5.32 Å². The van der Waals surface area contributed by atoms with Crippen molar-refractivity contribution < 1.29 is 19.0 Å². The van der Waals surface area contributed by atoms with Gasteiger partial charge >= 0.3 is 0 Å². The Hall–Kier alpha value is -2.99. The Morgan fingerprint density at radius 2 is 1.97 bits per heavy atom. The SMILES string of the molecule is O=CC1(CNc2nc3cc(O)ccc3c(-c3ccccc3F)c2C2CCOCC2)CC1. The van der Waals surface area contributed by atoms with Gasteiger partial charge in [0.15, 0.2) is 0 Å². The van der Waals surface area contributed by atoms with Crippen LogP contribution in [0.4, 0.5) is 10.2 Å². The monoisotopic (exact) mass is 420 g/mol. The number of ether oxygens (including phenoxy) is 1. The molecule has 0 amide bonds. The highest BCUT2D eigenvalue weighted by Crippen LogP contribution is 2.46. The lowest BCUT2D eigenvalue weighted by molar-refractivity contribution is -0.111. The van der Waals surface area contributed by atoms with Crippen molar-refractivity contribution in [3.05, 3.63) is 53.8 Å². The van der Waals surface area contributed by atoms with Crippen molar-refractivity contribution in [3.63, 3.8) is 0 Å². The van der Waals surface area contributed by atoms with Crippen molar-refractivity contribution >= 4 is 23.0 Å².